The first kappa shape index (κ1) is 19.4. The molecule has 2 bridgehead atoms. The minimum absolute atomic E-state index is 0.0267. The van der Waals surface area contributed by atoms with Crippen LogP contribution in [0.3, 0.4) is 0 Å². The number of piperidine rings is 1. The van der Waals surface area contributed by atoms with Gasteiger partial charge in [-0.15, -0.1) is 0 Å². The van der Waals surface area contributed by atoms with E-state index in [1.165, 1.54) is 46.1 Å². The van der Waals surface area contributed by atoms with Crippen molar-refractivity contribution in [1.29, 1.82) is 0 Å². The molecular formula is C28H28BrNO2. The average molecular weight is 490 g/mol. The van der Waals surface area contributed by atoms with E-state index >= 15 is 0 Å². The smallest absolute Gasteiger partial charge is 0.166 e. The molecule has 1 saturated carbocycles. The van der Waals surface area contributed by atoms with Crippen LogP contribution in [-0.2, 0) is 18.4 Å². The monoisotopic (exact) mass is 489 g/mol. The molecule has 1 spiro atoms. The summed E-state index contributed by atoms with van der Waals surface area (Å²) in [6.07, 6.45) is 9.84. The van der Waals surface area contributed by atoms with E-state index in [4.69, 9.17) is 9.47 Å². The lowest BCUT2D eigenvalue weighted by Crippen LogP contribution is -2.59. The maximum Gasteiger partial charge on any atom is 0.166 e. The van der Waals surface area contributed by atoms with Gasteiger partial charge in [-0.2, -0.15) is 0 Å². The third kappa shape index (κ3) is 2.69. The number of rotatable bonds is 5. The Morgan fingerprint density at radius 1 is 1.19 bits per heavy atom. The van der Waals surface area contributed by atoms with Crippen molar-refractivity contribution in [2.75, 3.05) is 13.1 Å². The largest absolute Gasteiger partial charge is 0.485 e. The lowest BCUT2D eigenvalue weighted by atomic mass is 9.56. The van der Waals surface area contributed by atoms with E-state index in [9.17, 15) is 0 Å². The summed E-state index contributed by atoms with van der Waals surface area (Å²) >= 11 is 3.94. The van der Waals surface area contributed by atoms with Crippen molar-refractivity contribution in [2.45, 2.75) is 56.8 Å². The van der Waals surface area contributed by atoms with Gasteiger partial charge in [-0.1, -0.05) is 58.4 Å². The Balaban J connectivity index is 1.34. The van der Waals surface area contributed by atoms with Gasteiger partial charge in [-0.05, 0) is 66.9 Å². The zero-order valence-electron chi connectivity index (χ0n) is 18.4. The predicted octanol–water partition coefficient (Wildman–Crippen LogP) is 5.95. The highest BCUT2D eigenvalue weighted by Gasteiger charge is 2.61. The van der Waals surface area contributed by atoms with Gasteiger partial charge in [0.1, 0.15) is 12.7 Å². The SMILES string of the molecule is CC1=CC=C2[C@@H]3Cc4c(Br)cc(OCc5ccccc5)c5c4[C@]2(CCN3CC2CC2)C1O5. The number of hydrogen-bond acceptors (Lipinski definition) is 3. The Morgan fingerprint density at radius 2 is 2.03 bits per heavy atom. The van der Waals surface area contributed by atoms with Crippen molar-refractivity contribution in [3.05, 3.63) is 80.9 Å². The molecule has 3 aliphatic carbocycles. The molecule has 3 nitrogen and oxygen atoms in total. The van der Waals surface area contributed by atoms with Crippen LogP contribution in [0.2, 0.25) is 0 Å². The first-order chi connectivity index (χ1) is 15.6. The van der Waals surface area contributed by atoms with E-state index in [2.05, 4.69) is 70.2 Å². The van der Waals surface area contributed by atoms with E-state index in [0.717, 1.165) is 36.8 Å². The second-order valence-corrected chi connectivity index (χ2v) is 11.1. The normalized spacial score (nSPS) is 29.7. The van der Waals surface area contributed by atoms with Crippen molar-refractivity contribution in [1.82, 2.24) is 4.90 Å². The summed E-state index contributed by atoms with van der Waals surface area (Å²) in [6, 6.07) is 13.0. The number of ether oxygens (including phenoxy) is 2. The lowest BCUT2D eigenvalue weighted by molar-refractivity contribution is 0.0912. The average Bonchev–Trinajstić information content (AvgIpc) is 3.55. The first-order valence-corrected chi connectivity index (χ1v) is 12.8. The molecule has 2 fully saturated rings. The Morgan fingerprint density at radius 3 is 2.84 bits per heavy atom. The summed E-state index contributed by atoms with van der Waals surface area (Å²) in [6.45, 7) is 5.20. The van der Waals surface area contributed by atoms with Gasteiger partial charge in [0.05, 0.1) is 5.41 Å². The third-order valence-electron chi connectivity index (χ3n) is 8.30. The molecule has 0 N–H and O–H groups in total. The summed E-state index contributed by atoms with van der Waals surface area (Å²) in [4.78, 5) is 2.77. The fourth-order valence-electron chi connectivity index (χ4n) is 6.63. The second kappa shape index (κ2) is 6.98. The minimum Gasteiger partial charge on any atom is -0.485 e. The van der Waals surface area contributed by atoms with Gasteiger partial charge in [0, 0.05) is 29.2 Å². The molecule has 2 aromatic rings. The van der Waals surface area contributed by atoms with Crippen LogP contribution in [0.15, 0.2) is 64.2 Å². The maximum atomic E-state index is 6.82. The zero-order valence-corrected chi connectivity index (χ0v) is 20.0. The highest BCUT2D eigenvalue weighted by atomic mass is 79.9. The summed E-state index contributed by atoms with van der Waals surface area (Å²) in [5.74, 6) is 2.77. The van der Waals surface area contributed by atoms with Gasteiger partial charge in [0.15, 0.2) is 11.5 Å². The van der Waals surface area contributed by atoms with Crippen LogP contribution in [0.5, 0.6) is 11.5 Å². The number of nitrogens with zero attached hydrogens (tertiary/aromatic N) is 1. The molecule has 4 heteroatoms. The molecule has 7 rings (SSSR count). The van der Waals surface area contributed by atoms with Crippen LogP contribution in [0.4, 0.5) is 0 Å². The molecule has 0 aromatic heterocycles. The van der Waals surface area contributed by atoms with Gasteiger partial charge in [0.25, 0.3) is 0 Å². The molecule has 2 aromatic carbocycles. The Kier molecular flexibility index (Phi) is 4.24. The van der Waals surface area contributed by atoms with Crippen molar-refractivity contribution < 1.29 is 9.47 Å². The third-order valence-corrected chi connectivity index (χ3v) is 9.01. The number of allylic oxidation sites excluding steroid dienone is 2. The summed E-state index contributed by atoms with van der Waals surface area (Å²) in [7, 11) is 0. The van der Waals surface area contributed by atoms with Gasteiger partial charge >= 0.3 is 0 Å². The van der Waals surface area contributed by atoms with Crippen LogP contribution in [-0.4, -0.2) is 30.1 Å². The Hall–Kier alpha value is -2.04. The number of halogens is 1. The topological polar surface area (TPSA) is 21.7 Å². The summed E-state index contributed by atoms with van der Waals surface area (Å²) < 4.78 is 14.4. The molecule has 1 saturated heterocycles. The van der Waals surface area contributed by atoms with E-state index in [1.807, 2.05) is 6.07 Å². The first-order valence-electron chi connectivity index (χ1n) is 12.0. The van der Waals surface area contributed by atoms with Crippen LogP contribution in [0.1, 0.15) is 42.9 Å². The van der Waals surface area contributed by atoms with Crippen molar-refractivity contribution in [3.8, 4) is 11.5 Å². The number of benzene rings is 2. The number of hydrogen-bond donors (Lipinski definition) is 0. The van der Waals surface area contributed by atoms with Crippen molar-refractivity contribution >= 4 is 15.9 Å². The molecule has 2 heterocycles. The molecule has 1 unspecified atom stereocenters. The summed E-state index contributed by atoms with van der Waals surface area (Å²) in [5, 5.41) is 0. The van der Waals surface area contributed by atoms with E-state index in [0.29, 0.717) is 12.6 Å². The van der Waals surface area contributed by atoms with Crippen LogP contribution in [0, 0.1) is 5.92 Å². The molecular weight excluding hydrogens is 462 g/mol. The van der Waals surface area contributed by atoms with Gasteiger partial charge in [-0.3, -0.25) is 4.90 Å². The zero-order chi connectivity index (χ0) is 21.4. The minimum atomic E-state index is -0.0267. The van der Waals surface area contributed by atoms with Crippen molar-refractivity contribution in [3.63, 3.8) is 0 Å². The van der Waals surface area contributed by atoms with Crippen molar-refractivity contribution in [2.24, 2.45) is 5.92 Å². The highest BCUT2D eigenvalue weighted by Crippen LogP contribution is 2.63. The lowest BCUT2D eigenvalue weighted by Gasteiger charge is -2.54. The van der Waals surface area contributed by atoms with E-state index in [-0.39, 0.29) is 11.5 Å². The Bertz CT molecular complexity index is 1170. The van der Waals surface area contributed by atoms with E-state index < -0.39 is 0 Å². The fraction of sp³-hybridized carbons (Fsp3) is 0.429. The van der Waals surface area contributed by atoms with Gasteiger partial charge in [-0.25, -0.2) is 0 Å². The fourth-order valence-corrected chi connectivity index (χ4v) is 7.19. The standard InChI is InChI=1S/C28H28BrNO2/c1-17-7-10-21-23-13-20-22(29)14-24(31-16-19-5-3-2-4-6-19)26-25(20)28(21,27(17)32-26)11-12-30(23)15-18-8-9-18/h2-7,10,14,18,23,27H,8-9,11-13,15-16H2,1H3/t23-,27?,28+/m0/s1. The molecule has 32 heavy (non-hydrogen) atoms. The van der Waals surface area contributed by atoms with Crippen LogP contribution < -0.4 is 9.47 Å². The molecule has 3 atom stereocenters. The van der Waals surface area contributed by atoms with Crippen LogP contribution in [0.25, 0.3) is 0 Å². The molecule has 164 valence electrons. The number of likely N-dealkylation sites (tertiary alicyclic amines) is 1. The Labute approximate surface area is 198 Å². The molecule has 0 amide bonds. The van der Waals surface area contributed by atoms with Gasteiger partial charge in [0.2, 0.25) is 0 Å². The van der Waals surface area contributed by atoms with E-state index in [1.54, 1.807) is 5.57 Å². The van der Waals surface area contributed by atoms with Crippen LogP contribution >= 0.6 is 15.9 Å². The van der Waals surface area contributed by atoms with Gasteiger partial charge < -0.3 is 9.47 Å². The quantitative estimate of drug-likeness (QED) is 0.517. The summed E-state index contributed by atoms with van der Waals surface area (Å²) in [5.41, 5.74) is 6.90. The maximum absolute atomic E-state index is 6.82. The second-order valence-electron chi connectivity index (χ2n) is 10.2. The molecule has 2 aliphatic heterocycles. The molecule has 0 radical (unpaired) electrons. The highest BCUT2D eigenvalue weighted by molar-refractivity contribution is 9.10. The molecule has 5 aliphatic rings. The predicted molar refractivity (Wildman–Crippen MR) is 129 cm³/mol.